The predicted molar refractivity (Wildman–Crippen MR) is 151 cm³/mol. The summed E-state index contributed by atoms with van der Waals surface area (Å²) in [6.07, 6.45) is 3.67. The Hall–Kier alpha value is -4.37. The number of benzene rings is 3. The number of ether oxygens (including phenoxy) is 1. The molecule has 6 nitrogen and oxygen atoms in total. The highest BCUT2D eigenvalue weighted by Gasteiger charge is 2.18. The number of fused-ring (bicyclic) bond motifs is 1. The number of hydrogen-bond donors (Lipinski definition) is 2. The van der Waals surface area contributed by atoms with Crippen LogP contribution in [0.1, 0.15) is 30.0 Å². The first kappa shape index (κ1) is 28.6. The van der Waals surface area contributed by atoms with Gasteiger partial charge in [-0.25, -0.2) is 8.78 Å². The molecular weight excluding hydrogens is 517 g/mol. The highest BCUT2D eigenvalue weighted by Crippen LogP contribution is 2.37. The standard InChI is InChI=1S/C31H31F3N4O2/c1-4-24(25-19-22(32)10-13-27(25)33)30(21-9-14-28-26(18-21)31(34)37-36-28)20-7-11-23(12-8-20)40-17-16-35-15-5-6-29(39)38(2)3/h5-14,18-19,35H,4,15-17H2,1-3H3,(H,36,37)/b6-5?,30-24+. The zero-order valence-electron chi connectivity index (χ0n) is 22.6. The van der Waals surface area contributed by atoms with Crippen molar-refractivity contribution in [1.82, 2.24) is 20.4 Å². The maximum Gasteiger partial charge on any atom is 0.245 e. The molecule has 40 heavy (non-hydrogen) atoms. The number of hydrogen-bond acceptors (Lipinski definition) is 4. The van der Waals surface area contributed by atoms with Crippen LogP contribution in [0.5, 0.6) is 5.75 Å². The van der Waals surface area contributed by atoms with E-state index >= 15 is 0 Å². The molecule has 1 aromatic heterocycles. The minimum atomic E-state index is -0.636. The summed E-state index contributed by atoms with van der Waals surface area (Å²) < 4.78 is 49.3. The second-order valence-electron chi connectivity index (χ2n) is 9.32. The van der Waals surface area contributed by atoms with Crippen molar-refractivity contribution >= 4 is 28.0 Å². The van der Waals surface area contributed by atoms with Crippen molar-refractivity contribution in [1.29, 1.82) is 0 Å². The van der Waals surface area contributed by atoms with Crippen LogP contribution in [0.3, 0.4) is 0 Å². The molecule has 0 fully saturated rings. The summed E-state index contributed by atoms with van der Waals surface area (Å²) in [6, 6.07) is 15.8. The molecule has 2 N–H and O–H groups in total. The molecule has 4 aromatic rings. The second kappa shape index (κ2) is 13.1. The van der Waals surface area contributed by atoms with E-state index in [0.717, 1.165) is 17.7 Å². The lowest BCUT2D eigenvalue weighted by Crippen LogP contribution is -2.22. The Balaban J connectivity index is 1.59. The number of carbonyl (C=O) groups is 1. The van der Waals surface area contributed by atoms with E-state index in [1.807, 2.05) is 19.1 Å². The van der Waals surface area contributed by atoms with Gasteiger partial charge in [-0.3, -0.25) is 9.89 Å². The lowest BCUT2D eigenvalue weighted by Gasteiger charge is -2.17. The van der Waals surface area contributed by atoms with Crippen LogP contribution < -0.4 is 10.1 Å². The number of H-pyrrole nitrogens is 1. The van der Waals surface area contributed by atoms with Gasteiger partial charge in [-0.2, -0.15) is 4.39 Å². The Kier molecular flexibility index (Phi) is 9.39. The summed E-state index contributed by atoms with van der Waals surface area (Å²) in [5, 5.41) is 9.76. The van der Waals surface area contributed by atoms with Gasteiger partial charge < -0.3 is 15.0 Å². The average Bonchev–Trinajstić information content (AvgIpc) is 3.32. The van der Waals surface area contributed by atoms with Crippen LogP contribution in [-0.4, -0.2) is 54.8 Å². The van der Waals surface area contributed by atoms with Crippen LogP contribution in [0.15, 0.2) is 72.8 Å². The summed E-state index contributed by atoms with van der Waals surface area (Å²) in [5.74, 6) is -1.17. The minimum absolute atomic E-state index is 0.0762. The molecule has 0 bridgehead atoms. The van der Waals surface area contributed by atoms with Crippen molar-refractivity contribution in [2.45, 2.75) is 13.3 Å². The van der Waals surface area contributed by atoms with Crippen LogP contribution in [0.25, 0.3) is 22.0 Å². The van der Waals surface area contributed by atoms with Crippen molar-refractivity contribution in [2.24, 2.45) is 0 Å². The van der Waals surface area contributed by atoms with E-state index in [1.54, 1.807) is 50.5 Å². The van der Waals surface area contributed by atoms with Crippen LogP contribution in [0, 0.1) is 17.6 Å². The van der Waals surface area contributed by atoms with Gasteiger partial charge >= 0.3 is 0 Å². The number of nitrogens with one attached hydrogen (secondary N) is 2. The van der Waals surface area contributed by atoms with Gasteiger partial charge in [0.25, 0.3) is 0 Å². The number of allylic oxidation sites excluding steroid dienone is 1. The number of halogens is 3. The van der Waals surface area contributed by atoms with Crippen LogP contribution >= 0.6 is 0 Å². The molecule has 1 amide bonds. The normalized spacial score (nSPS) is 12.2. The molecule has 3 aromatic carbocycles. The fourth-order valence-corrected chi connectivity index (χ4v) is 4.34. The molecule has 0 unspecified atom stereocenters. The third-order valence-electron chi connectivity index (χ3n) is 6.37. The molecule has 0 spiro atoms. The molecule has 0 aliphatic carbocycles. The highest BCUT2D eigenvalue weighted by molar-refractivity contribution is 6.00. The van der Waals surface area contributed by atoms with Gasteiger partial charge in [-0.05, 0) is 71.2 Å². The van der Waals surface area contributed by atoms with E-state index in [0.29, 0.717) is 59.5 Å². The van der Waals surface area contributed by atoms with E-state index in [-0.39, 0.29) is 11.5 Å². The van der Waals surface area contributed by atoms with Gasteiger partial charge in [0, 0.05) is 38.8 Å². The van der Waals surface area contributed by atoms with Gasteiger partial charge in [0.2, 0.25) is 11.9 Å². The molecule has 9 heteroatoms. The van der Waals surface area contributed by atoms with E-state index in [1.165, 1.54) is 17.0 Å². The van der Waals surface area contributed by atoms with E-state index < -0.39 is 17.6 Å². The summed E-state index contributed by atoms with van der Waals surface area (Å²) in [7, 11) is 3.39. The van der Waals surface area contributed by atoms with Crippen LogP contribution in [0.2, 0.25) is 0 Å². The maximum absolute atomic E-state index is 14.9. The Morgan fingerprint density at radius 3 is 2.50 bits per heavy atom. The van der Waals surface area contributed by atoms with Crippen LogP contribution in [0.4, 0.5) is 13.2 Å². The second-order valence-corrected chi connectivity index (χ2v) is 9.32. The monoisotopic (exact) mass is 548 g/mol. The zero-order valence-corrected chi connectivity index (χ0v) is 22.6. The Bertz CT molecular complexity index is 1540. The van der Waals surface area contributed by atoms with Crippen molar-refractivity contribution in [2.75, 3.05) is 33.8 Å². The van der Waals surface area contributed by atoms with Crippen molar-refractivity contribution < 1.29 is 22.7 Å². The van der Waals surface area contributed by atoms with Gasteiger partial charge in [0.15, 0.2) is 0 Å². The maximum atomic E-state index is 14.9. The number of aromatic nitrogens is 2. The summed E-state index contributed by atoms with van der Waals surface area (Å²) >= 11 is 0. The molecular formula is C31H31F3N4O2. The smallest absolute Gasteiger partial charge is 0.245 e. The third-order valence-corrected chi connectivity index (χ3v) is 6.37. The van der Waals surface area contributed by atoms with E-state index in [4.69, 9.17) is 4.74 Å². The van der Waals surface area contributed by atoms with Crippen molar-refractivity contribution in [3.05, 3.63) is 107 Å². The summed E-state index contributed by atoms with van der Waals surface area (Å²) in [5.41, 5.74) is 3.31. The van der Waals surface area contributed by atoms with Crippen LogP contribution in [-0.2, 0) is 4.79 Å². The molecule has 1 heterocycles. The number of aromatic amines is 1. The first-order chi connectivity index (χ1) is 19.3. The lowest BCUT2D eigenvalue weighted by molar-refractivity contribution is -0.123. The average molecular weight is 549 g/mol. The fourth-order valence-electron chi connectivity index (χ4n) is 4.34. The van der Waals surface area contributed by atoms with Gasteiger partial charge in [0.1, 0.15) is 24.0 Å². The fraction of sp³-hybridized carbons (Fsp3) is 0.226. The minimum Gasteiger partial charge on any atom is -0.492 e. The Labute approximate surface area is 231 Å². The third kappa shape index (κ3) is 6.79. The molecule has 0 saturated carbocycles. The number of carbonyl (C=O) groups excluding carboxylic acids is 1. The first-order valence-corrected chi connectivity index (χ1v) is 12.9. The largest absolute Gasteiger partial charge is 0.492 e. The quantitative estimate of drug-likeness (QED) is 0.138. The Morgan fingerprint density at radius 1 is 1.02 bits per heavy atom. The Morgan fingerprint density at radius 2 is 1.77 bits per heavy atom. The molecule has 0 atom stereocenters. The summed E-state index contributed by atoms with van der Waals surface area (Å²) in [4.78, 5) is 13.0. The van der Waals surface area contributed by atoms with Crippen molar-refractivity contribution in [3.8, 4) is 5.75 Å². The van der Waals surface area contributed by atoms with Gasteiger partial charge in [-0.15, -0.1) is 5.10 Å². The molecule has 0 aliphatic heterocycles. The summed E-state index contributed by atoms with van der Waals surface area (Å²) in [6.45, 7) is 3.38. The predicted octanol–water partition coefficient (Wildman–Crippen LogP) is 5.96. The topological polar surface area (TPSA) is 70.2 Å². The molecule has 4 rings (SSSR count). The molecule has 208 valence electrons. The number of likely N-dealkylation sites (N-methyl/N-ethyl adjacent to an activating group) is 1. The zero-order chi connectivity index (χ0) is 28.6. The van der Waals surface area contributed by atoms with Gasteiger partial charge in [0.05, 0.1) is 10.9 Å². The first-order valence-electron chi connectivity index (χ1n) is 12.9. The number of rotatable bonds is 11. The van der Waals surface area contributed by atoms with E-state index in [9.17, 15) is 18.0 Å². The molecule has 0 saturated heterocycles. The molecule has 0 aliphatic rings. The molecule has 0 radical (unpaired) electrons. The highest BCUT2D eigenvalue weighted by atomic mass is 19.1. The van der Waals surface area contributed by atoms with Crippen molar-refractivity contribution in [3.63, 3.8) is 0 Å². The van der Waals surface area contributed by atoms with E-state index in [2.05, 4.69) is 15.5 Å². The van der Waals surface area contributed by atoms with Gasteiger partial charge in [-0.1, -0.05) is 31.2 Å². The SMILES string of the molecule is CC/C(=C(/c1ccc(OCCNCC=CC(=O)N(C)C)cc1)c1ccc2[nH]nc(F)c2c1)c1cc(F)ccc1F. The number of nitrogens with zero attached hydrogens (tertiary/aromatic N) is 2. The lowest BCUT2D eigenvalue weighted by atomic mass is 9.87. The number of amides is 1.